The van der Waals surface area contributed by atoms with E-state index < -0.39 is 22.0 Å². The summed E-state index contributed by atoms with van der Waals surface area (Å²) >= 11 is 0. The van der Waals surface area contributed by atoms with Crippen LogP contribution in [0.5, 0.6) is 0 Å². The second-order valence-corrected chi connectivity index (χ2v) is 9.08. The van der Waals surface area contributed by atoms with Gasteiger partial charge in [0.2, 0.25) is 10.0 Å². The Kier molecular flexibility index (Phi) is 6.07. The number of benzene rings is 3. The molecule has 0 unspecified atom stereocenters. The number of fused-ring (bicyclic) bond motifs is 1. The summed E-state index contributed by atoms with van der Waals surface area (Å²) < 4.78 is 35.3. The maximum absolute atomic E-state index is 13.0. The summed E-state index contributed by atoms with van der Waals surface area (Å²) in [5, 5.41) is 0. The van der Waals surface area contributed by atoms with Gasteiger partial charge in [0.25, 0.3) is 0 Å². The van der Waals surface area contributed by atoms with E-state index in [1.807, 2.05) is 31.2 Å². The Labute approximate surface area is 186 Å². The molecule has 1 atom stereocenters. The van der Waals surface area contributed by atoms with Crippen molar-refractivity contribution in [1.82, 2.24) is 14.3 Å². The highest BCUT2D eigenvalue weighted by Gasteiger charge is 2.28. The molecule has 0 aliphatic heterocycles. The van der Waals surface area contributed by atoms with Crippen molar-refractivity contribution in [3.8, 4) is 0 Å². The molecular formula is C24H23N3O4S. The Morgan fingerprint density at radius 1 is 1.00 bits per heavy atom. The molecule has 164 valence electrons. The number of rotatable bonds is 7. The molecule has 0 amide bonds. The summed E-state index contributed by atoms with van der Waals surface area (Å²) in [5.41, 5.74) is 3.38. The molecule has 3 aromatic carbocycles. The molecule has 0 bridgehead atoms. The molecule has 4 aromatic rings. The first-order chi connectivity index (χ1) is 15.4. The molecule has 0 saturated carbocycles. The zero-order valence-electron chi connectivity index (χ0n) is 17.7. The molecular weight excluding hydrogens is 426 g/mol. The molecule has 8 heteroatoms. The molecule has 1 aromatic heterocycles. The molecule has 32 heavy (non-hydrogen) atoms. The number of aryl methyl sites for hydroxylation is 1. The van der Waals surface area contributed by atoms with Crippen LogP contribution in [0.3, 0.4) is 0 Å². The van der Waals surface area contributed by atoms with Crippen LogP contribution >= 0.6 is 0 Å². The third-order valence-corrected chi connectivity index (χ3v) is 6.70. The van der Waals surface area contributed by atoms with Gasteiger partial charge in [-0.3, -0.25) is 0 Å². The predicted octanol–water partition coefficient (Wildman–Crippen LogP) is 3.59. The average Bonchev–Trinajstić information content (AvgIpc) is 3.13. The number of esters is 1. The second-order valence-electron chi connectivity index (χ2n) is 7.37. The summed E-state index contributed by atoms with van der Waals surface area (Å²) in [4.78, 5) is 16.9. The van der Waals surface area contributed by atoms with Crippen molar-refractivity contribution in [1.29, 1.82) is 0 Å². The minimum atomic E-state index is -3.95. The van der Waals surface area contributed by atoms with Crippen molar-refractivity contribution in [2.45, 2.75) is 24.4 Å². The monoisotopic (exact) mass is 449 g/mol. The van der Waals surface area contributed by atoms with Crippen molar-refractivity contribution in [2.75, 3.05) is 7.11 Å². The molecule has 0 aliphatic carbocycles. The lowest BCUT2D eigenvalue weighted by molar-refractivity contribution is -0.142. The van der Waals surface area contributed by atoms with Gasteiger partial charge >= 0.3 is 5.97 Å². The first kappa shape index (κ1) is 21.7. The van der Waals surface area contributed by atoms with Gasteiger partial charge in [-0.15, -0.1) is 0 Å². The highest BCUT2D eigenvalue weighted by atomic mass is 32.2. The number of hydrogen-bond acceptors (Lipinski definition) is 5. The molecule has 1 heterocycles. The van der Waals surface area contributed by atoms with Crippen LogP contribution in [0.4, 0.5) is 0 Å². The third-order valence-electron chi connectivity index (χ3n) is 5.26. The first-order valence-corrected chi connectivity index (χ1v) is 11.5. The van der Waals surface area contributed by atoms with E-state index in [0.29, 0.717) is 12.1 Å². The van der Waals surface area contributed by atoms with Gasteiger partial charge in [-0.05, 0) is 42.3 Å². The van der Waals surface area contributed by atoms with E-state index >= 15 is 0 Å². The van der Waals surface area contributed by atoms with E-state index in [4.69, 9.17) is 4.74 Å². The molecule has 0 aliphatic rings. The van der Waals surface area contributed by atoms with Crippen LogP contribution in [0.1, 0.15) is 23.0 Å². The lowest BCUT2D eigenvalue weighted by Gasteiger charge is -2.17. The predicted molar refractivity (Wildman–Crippen MR) is 122 cm³/mol. The van der Waals surface area contributed by atoms with Crippen LogP contribution in [0.2, 0.25) is 0 Å². The maximum atomic E-state index is 13.0. The van der Waals surface area contributed by atoms with Crippen LogP contribution in [0, 0.1) is 6.92 Å². The zero-order valence-corrected chi connectivity index (χ0v) is 18.5. The van der Waals surface area contributed by atoms with Gasteiger partial charge in [0.15, 0.2) is 0 Å². The SMILES string of the molecule is COC(=O)[C@@H](NS(=O)(=O)c1ccc(Cn2c(C)nc3ccccc32)cc1)c1ccccc1. The number of para-hydroxylation sites is 2. The number of imidazole rings is 1. The number of carbonyl (C=O) groups is 1. The lowest BCUT2D eigenvalue weighted by Crippen LogP contribution is -2.34. The maximum Gasteiger partial charge on any atom is 0.328 e. The Balaban J connectivity index is 1.57. The fourth-order valence-corrected chi connectivity index (χ4v) is 4.76. The van der Waals surface area contributed by atoms with Gasteiger partial charge in [-0.1, -0.05) is 54.6 Å². The molecule has 4 rings (SSSR count). The van der Waals surface area contributed by atoms with Crippen molar-refractivity contribution >= 4 is 27.0 Å². The number of nitrogens with zero attached hydrogens (tertiary/aromatic N) is 2. The topological polar surface area (TPSA) is 90.3 Å². The van der Waals surface area contributed by atoms with Crippen molar-refractivity contribution in [3.05, 3.63) is 95.8 Å². The third kappa shape index (κ3) is 4.42. The van der Waals surface area contributed by atoms with Crippen molar-refractivity contribution in [2.24, 2.45) is 0 Å². The molecule has 0 radical (unpaired) electrons. The highest BCUT2D eigenvalue weighted by Crippen LogP contribution is 2.21. The van der Waals surface area contributed by atoms with Gasteiger partial charge in [0, 0.05) is 6.54 Å². The number of hydrogen-bond donors (Lipinski definition) is 1. The lowest BCUT2D eigenvalue weighted by atomic mass is 10.1. The first-order valence-electron chi connectivity index (χ1n) is 10.0. The number of aromatic nitrogens is 2. The fourth-order valence-electron chi connectivity index (χ4n) is 3.59. The standard InChI is InChI=1S/C24H23N3O4S/c1-17-25-21-10-6-7-11-22(21)27(17)16-18-12-14-20(15-13-18)32(29,30)26-23(24(28)31-2)19-8-4-3-5-9-19/h3-15,23,26H,16H2,1-2H3/t23-/m0/s1. The Bertz CT molecular complexity index is 1350. The largest absolute Gasteiger partial charge is 0.468 e. The van der Waals surface area contributed by atoms with Gasteiger partial charge < -0.3 is 9.30 Å². The number of methoxy groups -OCH3 is 1. The summed E-state index contributed by atoms with van der Waals surface area (Å²) in [5.74, 6) is 0.201. The molecule has 7 nitrogen and oxygen atoms in total. The Morgan fingerprint density at radius 3 is 2.34 bits per heavy atom. The summed E-state index contributed by atoms with van der Waals surface area (Å²) in [6.07, 6.45) is 0. The number of sulfonamides is 1. The van der Waals surface area contributed by atoms with E-state index in [0.717, 1.165) is 22.4 Å². The van der Waals surface area contributed by atoms with Crippen LogP contribution in [0.15, 0.2) is 83.8 Å². The van der Waals surface area contributed by atoms with Crippen LogP contribution in [-0.4, -0.2) is 31.0 Å². The van der Waals surface area contributed by atoms with Gasteiger partial charge in [0.05, 0.1) is 23.0 Å². The van der Waals surface area contributed by atoms with E-state index in [1.165, 1.54) is 19.2 Å². The van der Waals surface area contributed by atoms with Crippen LogP contribution < -0.4 is 4.72 Å². The average molecular weight is 450 g/mol. The van der Waals surface area contributed by atoms with Crippen LogP contribution in [0.25, 0.3) is 11.0 Å². The summed E-state index contributed by atoms with van der Waals surface area (Å²) in [7, 11) is -2.73. The molecule has 0 spiro atoms. The van der Waals surface area contributed by atoms with Gasteiger partial charge in [-0.25, -0.2) is 18.2 Å². The second kappa shape index (κ2) is 8.94. The fraction of sp³-hybridized carbons (Fsp3) is 0.167. The Hall–Kier alpha value is -3.49. The number of nitrogens with one attached hydrogen (secondary N) is 1. The van der Waals surface area contributed by atoms with E-state index in [2.05, 4.69) is 14.3 Å². The minimum Gasteiger partial charge on any atom is -0.468 e. The quantitative estimate of drug-likeness (QED) is 0.436. The summed E-state index contributed by atoms with van der Waals surface area (Å²) in [6.45, 7) is 2.51. The van der Waals surface area contributed by atoms with E-state index in [-0.39, 0.29) is 4.90 Å². The number of ether oxygens (including phenoxy) is 1. The number of carbonyl (C=O) groups excluding carboxylic acids is 1. The smallest absolute Gasteiger partial charge is 0.328 e. The zero-order chi connectivity index (χ0) is 22.7. The van der Waals surface area contributed by atoms with Crippen molar-refractivity contribution in [3.63, 3.8) is 0 Å². The van der Waals surface area contributed by atoms with Gasteiger partial charge in [-0.2, -0.15) is 4.72 Å². The van der Waals surface area contributed by atoms with Crippen LogP contribution in [-0.2, 0) is 26.1 Å². The highest BCUT2D eigenvalue weighted by molar-refractivity contribution is 7.89. The summed E-state index contributed by atoms with van der Waals surface area (Å²) in [6, 6.07) is 21.9. The van der Waals surface area contributed by atoms with Gasteiger partial charge in [0.1, 0.15) is 11.9 Å². The molecule has 1 N–H and O–H groups in total. The van der Waals surface area contributed by atoms with E-state index in [1.54, 1.807) is 42.5 Å². The van der Waals surface area contributed by atoms with Crippen molar-refractivity contribution < 1.29 is 17.9 Å². The Morgan fingerprint density at radius 2 is 1.66 bits per heavy atom. The molecule has 0 fully saturated rings. The normalized spacial score (nSPS) is 12.6. The minimum absolute atomic E-state index is 0.0679. The molecule has 0 saturated heterocycles. The van der Waals surface area contributed by atoms with E-state index in [9.17, 15) is 13.2 Å².